The van der Waals surface area contributed by atoms with E-state index in [-0.39, 0.29) is 0 Å². The molecule has 3 fully saturated rings. The Morgan fingerprint density at radius 1 is 0.656 bits per heavy atom. The van der Waals surface area contributed by atoms with E-state index < -0.39 is 0 Å². The van der Waals surface area contributed by atoms with E-state index >= 15 is 0 Å². The third-order valence-corrected chi connectivity index (χ3v) is 9.55. The summed E-state index contributed by atoms with van der Waals surface area (Å²) in [6.45, 7) is 5.40. The Morgan fingerprint density at radius 3 is 2.00 bits per heavy atom. The Labute approximate surface area is 199 Å². The minimum Gasteiger partial charge on any atom is -0.494 e. The second-order valence-electron chi connectivity index (χ2n) is 11.7. The number of benzene rings is 1. The molecule has 0 heterocycles. The van der Waals surface area contributed by atoms with Gasteiger partial charge in [0.05, 0.1) is 6.61 Å². The summed E-state index contributed by atoms with van der Waals surface area (Å²) in [5.74, 6) is 7.06. The molecule has 0 radical (unpaired) electrons. The zero-order valence-corrected chi connectivity index (χ0v) is 21.2. The highest BCUT2D eigenvalue weighted by Gasteiger charge is 2.39. The second-order valence-corrected chi connectivity index (χ2v) is 11.7. The van der Waals surface area contributed by atoms with Gasteiger partial charge >= 0.3 is 0 Å². The zero-order chi connectivity index (χ0) is 22.2. The molecule has 1 nitrogen and oxygen atoms in total. The van der Waals surface area contributed by atoms with Gasteiger partial charge < -0.3 is 4.74 Å². The van der Waals surface area contributed by atoms with E-state index in [1.807, 2.05) is 0 Å². The van der Waals surface area contributed by atoms with E-state index in [4.69, 9.17) is 4.74 Å². The maximum absolute atomic E-state index is 5.87. The number of fused-ring (bicyclic) bond motifs is 1. The largest absolute Gasteiger partial charge is 0.494 e. The van der Waals surface area contributed by atoms with E-state index in [0.717, 1.165) is 54.3 Å². The molecule has 32 heavy (non-hydrogen) atoms. The summed E-state index contributed by atoms with van der Waals surface area (Å²) in [6, 6.07) is 9.15. The van der Waals surface area contributed by atoms with Crippen molar-refractivity contribution < 1.29 is 4.74 Å². The monoisotopic (exact) mass is 438 g/mol. The fourth-order valence-electron chi connectivity index (χ4n) is 7.46. The van der Waals surface area contributed by atoms with Gasteiger partial charge in [-0.3, -0.25) is 0 Å². The van der Waals surface area contributed by atoms with Gasteiger partial charge in [0.15, 0.2) is 0 Å². The third kappa shape index (κ3) is 6.54. The summed E-state index contributed by atoms with van der Waals surface area (Å²) in [6.07, 6.45) is 23.3. The van der Waals surface area contributed by atoms with Gasteiger partial charge in [-0.25, -0.2) is 0 Å². The summed E-state index contributed by atoms with van der Waals surface area (Å²) in [7, 11) is 0. The van der Waals surface area contributed by atoms with Crippen molar-refractivity contribution in [3.8, 4) is 5.75 Å². The van der Waals surface area contributed by atoms with E-state index in [1.54, 1.807) is 37.7 Å². The molecule has 0 N–H and O–H groups in total. The molecule has 4 unspecified atom stereocenters. The molecular weight excluding hydrogens is 388 g/mol. The highest BCUT2D eigenvalue weighted by atomic mass is 16.5. The standard InChI is InChI=1S/C31H50O/c1-3-5-7-8-24-9-11-25(12-10-24)27-13-15-30-23-28(14-16-29(30)22-27)26-17-19-31(20-18-26)32-21-6-4-2/h17-20,24-25,27-30H,3-16,21-23H2,1-2H3. The molecule has 1 heteroatoms. The molecule has 1 aromatic carbocycles. The maximum Gasteiger partial charge on any atom is 0.119 e. The van der Waals surface area contributed by atoms with Crippen molar-refractivity contribution in [2.75, 3.05) is 6.61 Å². The minimum absolute atomic E-state index is 0.788. The van der Waals surface area contributed by atoms with Crippen molar-refractivity contribution >= 4 is 0 Å². The molecule has 3 saturated carbocycles. The average molecular weight is 439 g/mol. The molecule has 3 aliphatic rings. The number of rotatable bonds is 10. The molecule has 0 saturated heterocycles. The predicted molar refractivity (Wildman–Crippen MR) is 137 cm³/mol. The Bertz CT molecular complexity index is 641. The lowest BCUT2D eigenvalue weighted by Gasteiger charge is -2.45. The molecule has 4 atom stereocenters. The quantitative estimate of drug-likeness (QED) is 0.330. The summed E-state index contributed by atoms with van der Waals surface area (Å²) in [5.41, 5.74) is 1.56. The molecule has 0 spiro atoms. The van der Waals surface area contributed by atoms with Gasteiger partial charge in [0, 0.05) is 0 Å². The minimum atomic E-state index is 0.788. The first-order valence-electron chi connectivity index (χ1n) is 14.5. The summed E-state index contributed by atoms with van der Waals surface area (Å²) in [4.78, 5) is 0. The van der Waals surface area contributed by atoms with Crippen LogP contribution in [-0.4, -0.2) is 6.61 Å². The second kappa shape index (κ2) is 12.5. The molecular formula is C31H50O. The van der Waals surface area contributed by atoms with Gasteiger partial charge in [0.1, 0.15) is 5.75 Å². The molecule has 3 aliphatic carbocycles. The first-order valence-corrected chi connectivity index (χ1v) is 14.5. The fourth-order valence-corrected chi connectivity index (χ4v) is 7.46. The van der Waals surface area contributed by atoms with Crippen LogP contribution in [-0.2, 0) is 0 Å². The summed E-state index contributed by atoms with van der Waals surface area (Å²) < 4.78 is 5.87. The van der Waals surface area contributed by atoms with Gasteiger partial charge in [-0.05, 0) is 111 Å². The third-order valence-electron chi connectivity index (χ3n) is 9.55. The van der Waals surface area contributed by atoms with Crippen LogP contribution in [0, 0.1) is 29.6 Å². The Balaban J connectivity index is 1.21. The van der Waals surface area contributed by atoms with Gasteiger partial charge in [-0.2, -0.15) is 0 Å². The zero-order valence-electron chi connectivity index (χ0n) is 21.2. The Morgan fingerprint density at radius 2 is 1.28 bits per heavy atom. The number of ether oxygens (including phenoxy) is 1. The molecule has 4 rings (SSSR count). The van der Waals surface area contributed by atoms with E-state index in [0.29, 0.717) is 0 Å². The number of unbranched alkanes of at least 4 members (excludes halogenated alkanes) is 3. The number of hydrogen-bond donors (Lipinski definition) is 0. The lowest BCUT2D eigenvalue weighted by atomic mass is 9.60. The molecule has 1 aromatic rings. The van der Waals surface area contributed by atoms with Crippen LogP contribution >= 0.6 is 0 Å². The smallest absolute Gasteiger partial charge is 0.119 e. The van der Waals surface area contributed by atoms with Gasteiger partial charge in [0.25, 0.3) is 0 Å². The first-order chi connectivity index (χ1) is 15.8. The summed E-state index contributed by atoms with van der Waals surface area (Å²) in [5, 5.41) is 0. The molecule has 0 amide bonds. The lowest BCUT2D eigenvalue weighted by molar-refractivity contribution is 0.0710. The van der Waals surface area contributed by atoms with Crippen molar-refractivity contribution in [3.05, 3.63) is 29.8 Å². The number of hydrogen-bond acceptors (Lipinski definition) is 1. The Hall–Kier alpha value is -0.980. The van der Waals surface area contributed by atoms with Crippen molar-refractivity contribution in [3.63, 3.8) is 0 Å². The Kier molecular flexibility index (Phi) is 9.42. The van der Waals surface area contributed by atoms with Crippen molar-refractivity contribution in [2.45, 2.75) is 122 Å². The first kappa shape index (κ1) is 24.2. The van der Waals surface area contributed by atoms with Crippen molar-refractivity contribution in [1.29, 1.82) is 0 Å². The fraction of sp³-hybridized carbons (Fsp3) is 0.806. The van der Waals surface area contributed by atoms with Crippen LogP contribution in [0.5, 0.6) is 5.75 Å². The van der Waals surface area contributed by atoms with E-state index in [9.17, 15) is 0 Å². The topological polar surface area (TPSA) is 9.23 Å². The van der Waals surface area contributed by atoms with Gasteiger partial charge in [-0.1, -0.05) is 70.9 Å². The van der Waals surface area contributed by atoms with E-state index in [2.05, 4.69) is 38.1 Å². The van der Waals surface area contributed by atoms with Crippen LogP contribution in [0.25, 0.3) is 0 Å². The SMILES string of the molecule is CCCCCC1CCC(C2CCC3CC(c4ccc(OCCCC)cc4)CCC3C2)CC1. The van der Waals surface area contributed by atoms with Crippen LogP contribution in [0.15, 0.2) is 24.3 Å². The molecule has 180 valence electrons. The molecule has 0 aromatic heterocycles. The average Bonchev–Trinajstić information content (AvgIpc) is 2.85. The summed E-state index contributed by atoms with van der Waals surface area (Å²) >= 11 is 0. The van der Waals surface area contributed by atoms with Crippen molar-refractivity contribution in [1.82, 2.24) is 0 Å². The highest BCUT2D eigenvalue weighted by Crippen LogP contribution is 2.51. The molecule has 0 bridgehead atoms. The van der Waals surface area contributed by atoms with Crippen LogP contribution < -0.4 is 4.74 Å². The maximum atomic E-state index is 5.87. The van der Waals surface area contributed by atoms with Crippen LogP contribution in [0.1, 0.15) is 128 Å². The van der Waals surface area contributed by atoms with Crippen LogP contribution in [0.2, 0.25) is 0 Å². The van der Waals surface area contributed by atoms with Gasteiger partial charge in [0.2, 0.25) is 0 Å². The predicted octanol–water partition coefficient (Wildman–Crippen LogP) is 9.55. The molecule has 0 aliphatic heterocycles. The van der Waals surface area contributed by atoms with Crippen LogP contribution in [0.3, 0.4) is 0 Å². The van der Waals surface area contributed by atoms with Gasteiger partial charge in [-0.15, -0.1) is 0 Å². The normalized spacial score (nSPS) is 32.9. The lowest BCUT2D eigenvalue weighted by Crippen LogP contribution is -2.34. The van der Waals surface area contributed by atoms with E-state index in [1.165, 1.54) is 64.2 Å². The van der Waals surface area contributed by atoms with Crippen molar-refractivity contribution in [2.24, 2.45) is 29.6 Å². The highest BCUT2D eigenvalue weighted by molar-refractivity contribution is 5.30. The van der Waals surface area contributed by atoms with Crippen LogP contribution in [0.4, 0.5) is 0 Å².